The van der Waals surface area contributed by atoms with Gasteiger partial charge in [-0.05, 0) is 19.9 Å². The third-order valence-electron chi connectivity index (χ3n) is 1.09. The Labute approximate surface area is 48.8 Å². The van der Waals surface area contributed by atoms with Gasteiger partial charge in [0, 0.05) is 0 Å². The molecule has 1 aliphatic heterocycles. The van der Waals surface area contributed by atoms with Crippen molar-refractivity contribution in [2.45, 2.75) is 25.7 Å². The van der Waals surface area contributed by atoms with Gasteiger partial charge in [0.2, 0.25) is 0 Å². The highest BCUT2D eigenvalue weighted by Gasteiger charge is 2.23. The lowest BCUT2D eigenvalue weighted by Gasteiger charge is -2.15. The second kappa shape index (κ2) is 1.57. The van der Waals surface area contributed by atoms with Crippen LogP contribution in [0.1, 0.15) is 13.8 Å². The van der Waals surface area contributed by atoms with Crippen LogP contribution >= 0.6 is 0 Å². The van der Waals surface area contributed by atoms with Crippen molar-refractivity contribution in [2.75, 3.05) is 0 Å². The van der Waals surface area contributed by atoms with Crippen molar-refractivity contribution in [1.82, 2.24) is 0 Å². The molecule has 1 aliphatic rings. The van der Waals surface area contributed by atoms with Crippen LogP contribution in [0.2, 0.25) is 0 Å². The standard InChI is InChI=1S/C6H10O2/c1-6(2)4-3-5(7)8-6/h3-5,7H,1-2H3. The minimum atomic E-state index is -0.690. The van der Waals surface area contributed by atoms with Gasteiger partial charge in [-0.3, -0.25) is 0 Å². The number of hydrogen-bond donors (Lipinski definition) is 1. The van der Waals surface area contributed by atoms with Crippen molar-refractivity contribution in [1.29, 1.82) is 0 Å². The van der Waals surface area contributed by atoms with Crippen LogP contribution in [0.5, 0.6) is 0 Å². The first kappa shape index (κ1) is 5.79. The number of ether oxygens (including phenoxy) is 1. The van der Waals surface area contributed by atoms with E-state index >= 15 is 0 Å². The third kappa shape index (κ3) is 1.08. The predicted octanol–water partition coefficient (Wildman–Crippen LogP) is 0.670. The molecule has 0 aromatic carbocycles. The second-order valence-corrected chi connectivity index (χ2v) is 2.47. The first-order valence-corrected chi connectivity index (χ1v) is 2.65. The fourth-order valence-corrected chi connectivity index (χ4v) is 0.704. The lowest BCUT2D eigenvalue weighted by Crippen LogP contribution is -2.20. The van der Waals surface area contributed by atoms with E-state index in [1.54, 1.807) is 6.08 Å². The Bertz CT molecular complexity index is 116. The molecule has 0 aromatic rings. The fraction of sp³-hybridized carbons (Fsp3) is 0.667. The van der Waals surface area contributed by atoms with Crippen molar-refractivity contribution in [3.05, 3.63) is 12.2 Å². The zero-order valence-electron chi connectivity index (χ0n) is 5.09. The normalized spacial score (nSPS) is 33.6. The van der Waals surface area contributed by atoms with Gasteiger partial charge in [0.25, 0.3) is 0 Å². The van der Waals surface area contributed by atoms with Crippen LogP contribution in [0.15, 0.2) is 12.2 Å². The van der Waals surface area contributed by atoms with E-state index in [-0.39, 0.29) is 5.60 Å². The zero-order valence-corrected chi connectivity index (χ0v) is 5.09. The summed E-state index contributed by atoms with van der Waals surface area (Å²) in [6, 6.07) is 0. The number of hydrogen-bond acceptors (Lipinski definition) is 2. The quantitative estimate of drug-likeness (QED) is 0.469. The third-order valence-corrected chi connectivity index (χ3v) is 1.09. The highest BCUT2D eigenvalue weighted by molar-refractivity contribution is 5.04. The van der Waals surface area contributed by atoms with Crippen LogP contribution in [0.4, 0.5) is 0 Å². The van der Waals surface area contributed by atoms with Crippen LogP contribution in [-0.2, 0) is 4.74 Å². The van der Waals surface area contributed by atoms with E-state index in [9.17, 15) is 0 Å². The Morgan fingerprint density at radius 1 is 1.62 bits per heavy atom. The summed E-state index contributed by atoms with van der Waals surface area (Å²) >= 11 is 0. The minimum absolute atomic E-state index is 0.264. The van der Waals surface area contributed by atoms with Crippen LogP contribution in [0.3, 0.4) is 0 Å². The average molecular weight is 114 g/mol. The van der Waals surface area contributed by atoms with E-state index in [4.69, 9.17) is 9.84 Å². The van der Waals surface area contributed by atoms with Gasteiger partial charge >= 0.3 is 0 Å². The maximum atomic E-state index is 8.76. The predicted molar refractivity (Wildman–Crippen MR) is 30.3 cm³/mol. The molecule has 1 unspecified atom stereocenters. The molecule has 2 heteroatoms. The molecular formula is C6H10O2. The molecule has 0 aliphatic carbocycles. The molecule has 0 bridgehead atoms. The summed E-state index contributed by atoms with van der Waals surface area (Å²) in [5, 5.41) is 8.76. The van der Waals surface area contributed by atoms with Crippen molar-refractivity contribution < 1.29 is 9.84 Å². The molecule has 0 fully saturated rings. The van der Waals surface area contributed by atoms with Gasteiger partial charge in [-0.15, -0.1) is 0 Å². The van der Waals surface area contributed by atoms with Gasteiger partial charge in [-0.25, -0.2) is 0 Å². The summed E-state index contributed by atoms with van der Waals surface area (Å²) in [5.41, 5.74) is -0.264. The molecule has 1 heterocycles. The molecule has 0 saturated heterocycles. The van der Waals surface area contributed by atoms with E-state index in [1.165, 1.54) is 0 Å². The Morgan fingerprint density at radius 2 is 2.25 bits per heavy atom. The van der Waals surface area contributed by atoms with Gasteiger partial charge in [0.15, 0.2) is 6.29 Å². The van der Waals surface area contributed by atoms with Crippen LogP contribution in [-0.4, -0.2) is 17.0 Å². The van der Waals surface area contributed by atoms with Gasteiger partial charge in [0.05, 0.1) is 5.60 Å². The summed E-state index contributed by atoms with van der Waals surface area (Å²) in [6.45, 7) is 3.80. The molecule has 0 spiro atoms. The molecule has 1 atom stereocenters. The summed E-state index contributed by atoms with van der Waals surface area (Å²) in [7, 11) is 0. The van der Waals surface area contributed by atoms with Crippen LogP contribution in [0.25, 0.3) is 0 Å². The lowest BCUT2D eigenvalue weighted by molar-refractivity contribution is -0.108. The summed E-state index contributed by atoms with van der Waals surface area (Å²) in [4.78, 5) is 0. The summed E-state index contributed by atoms with van der Waals surface area (Å²) in [6.07, 6.45) is 2.79. The SMILES string of the molecule is CC1(C)C=CC(O)O1. The molecule has 0 radical (unpaired) electrons. The van der Waals surface area contributed by atoms with E-state index in [0.29, 0.717) is 0 Å². The zero-order chi connectivity index (χ0) is 6.20. The molecular weight excluding hydrogens is 104 g/mol. The Kier molecular flexibility index (Phi) is 1.14. The summed E-state index contributed by atoms with van der Waals surface area (Å²) in [5.74, 6) is 0. The average Bonchev–Trinajstić information content (AvgIpc) is 1.82. The van der Waals surface area contributed by atoms with Gasteiger partial charge in [-0.1, -0.05) is 6.08 Å². The topological polar surface area (TPSA) is 29.5 Å². The maximum absolute atomic E-state index is 8.76. The molecule has 46 valence electrons. The molecule has 0 saturated carbocycles. The van der Waals surface area contributed by atoms with E-state index < -0.39 is 6.29 Å². The highest BCUT2D eigenvalue weighted by atomic mass is 16.6. The molecule has 8 heavy (non-hydrogen) atoms. The van der Waals surface area contributed by atoms with E-state index in [1.807, 2.05) is 19.9 Å². The minimum Gasteiger partial charge on any atom is -0.365 e. The van der Waals surface area contributed by atoms with Crippen LogP contribution < -0.4 is 0 Å². The Morgan fingerprint density at radius 3 is 2.38 bits per heavy atom. The molecule has 0 aromatic heterocycles. The second-order valence-electron chi connectivity index (χ2n) is 2.47. The first-order valence-electron chi connectivity index (χ1n) is 2.65. The largest absolute Gasteiger partial charge is 0.365 e. The molecule has 2 nitrogen and oxygen atoms in total. The first-order chi connectivity index (χ1) is 3.60. The van der Waals surface area contributed by atoms with Crippen molar-refractivity contribution in [3.63, 3.8) is 0 Å². The number of aliphatic hydroxyl groups excluding tert-OH is 1. The van der Waals surface area contributed by atoms with Crippen LogP contribution in [0, 0.1) is 0 Å². The van der Waals surface area contributed by atoms with Crippen molar-refractivity contribution in [3.8, 4) is 0 Å². The van der Waals surface area contributed by atoms with Gasteiger partial charge in [0.1, 0.15) is 0 Å². The van der Waals surface area contributed by atoms with E-state index in [0.717, 1.165) is 0 Å². The monoisotopic (exact) mass is 114 g/mol. The lowest BCUT2D eigenvalue weighted by atomic mass is 10.1. The van der Waals surface area contributed by atoms with Gasteiger partial charge in [-0.2, -0.15) is 0 Å². The molecule has 0 amide bonds. The van der Waals surface area contributed by atoms with Crippen molar-refractivity contribution in [2.24, 2.45) is 0 Å². The van der Waals surface area contributed by atoms with E-state index in [2.05, 4.69) is 0 Å². The number of aliphatic hydroxyl groups is 1. The summed E-state index contributed by atoms with van der Waals surface area (Å²) < 4.78 is 4.99. The molecule has 1 rings (SSSR count). The van der Waals surface area contributed by atoms with Crippen molar-refractivity contribution >= 4 is 0 Å². The smallest absolute Gasteiger partial charge is 0.175 e. The molecule has 1 N–H and O–H groups in total. The number of rotatable bonds is 0. The highest BCUT2D eigenvalue weighted by Crippen LogP contribution is 2.19. The Hall–Kier alpha value is -0.340. The maximum Gasteiger partial charge on any atom is 0.175 e. The fourth-order valence-electron chi connectivity index (χ4n) is 0.704. The van der Waals surface area contributed by atoms with Gasteiger partial charge < -0.3 is 9.84 Å². The Balaban J connectivity index is 2.58.